The largest absolute Gasteiger partial charge is 0.345 e. The molecule has 0 aliphatic heterocycles. The van der Waals surface area contributed by atoms with Crippen LogP contribution in [0.4, 0.5) is 0 Å². The summed E-state index contributed by atoms with van der Waals surface area (Å²) in [4.78, 5) is 0.817. The van der Waals surface area contributed by atoms with Crippen molar-refractivity contribution in [2.75, 3.05) is 0 Å². The molecule has 0 aromatic rings. The van der Waals surface area contributed by atoms with Gasteiger partial charge in [0.15, 0.2) is 0 Å². The molecule has 0 radical (unpaired) electrons. The summed E-state index contributed by atoms with van der Waals surface area (Å²) < 4.78 is 0. The van der Waals surface area contributed by atoms with Gasteiger partial charge < -0.3 is 5.32 Å². The van der Waals surface area contributed by atoms with Crippen LogP contribution < -0.4 is 5.32 Å². The Morgan fingerprint density at radius 2 is 2.33 bits per heavy atom. The van der Waals surface area contributed by atoms with Crippen molar-refractivity contribution in [3.8, 4) is 0 Å². The van der Waals surface area contributed by atoms with Gasteiger partial charge in [-0.15, -0.1) is 12.6 Å². The second kappa shape index (κ2) is 4.82. The Hall–Kier alpha value is -0.0200. The van der Waals surface area contributed by atoms with Gasteiger partial charge in [-0.2, -0.15) is 0 Å². The standard InChI is InChI=1S/C6H11NS2/c1-3-4-6(9)7-5(2)8/h8H,2-4H2,1H3,(H,7,9). The highest BCUT2D eigenvalue weighted by atomic mass is 32.1. The molecule has 0 aromatic carbocycles. The van der Waals surface area contributed by atoms with Crippen molar-refractivity contribution in [2.24, 2.45) is 0 Å². The predicted molar refractivity (Wildman–Crippen MR) is 48.8 cm³/mol. The van der Waals surface area contributed by atoms with Crippen molar-refractivity contribution in [1.82, 2.24) is 5.32 Å². The van der Waals surface area contributed by atoms with E-state index in [0.717, 1.165) is 17.8 Å². The normalized spacial score (nSPS) is 8.67. The van der Waals surface area contributed by atoms with Gasteiger partial charge in [0.2, 0.25) is 0 Å². The van der Waals surface area contributed by atoms with Gasteiger partial charge in [0.05, 0.1) is 10.0 Å². The van der Waals surface area contributed by atoms with Crippen molar-refractivity contribution < 1.29 is 0 Å². The van der Waals surface area contributed by atoms with E-state index in [1.165, 1.54) is 0 Å². The van der Waals surface area contributed by atoms with Crippen molar-refractivity contribution in [2.45, 2.75) is 19.8 Å². The lowest BCUT2D eigenvalue weighted by Gasteiger charge is -2.02. The van der Waals surface area contributed by atoms with E-state index in [9.17, 15) is 0 Å². The first-order chi connectivity index (χ1) is 4.16. The Bertz CT molecular complexity index is 120. The molecule has 1 nitrogen and oxygen atoms in total. The fourth-order valence-corrected chi connectivity index (χ4v) is 0.988. The maximum Gasteiger partial charge on any atom is 0.0800 e. The molecule has 0 bridgehead atoms. The average Bonchev–Trinajstić information content (AvgIpc) is 1.63. The monoisotopic (exact) mass is 161 g/mol. The summed E-state index contributed by atoms with van der Waals surface area (Å²) in [5.74, 6) is 0. The van der Waals surface area contributed by atoms with Crippen LogP contribution in [0.2, 0.25) is 0 Å². The molecule has 0 aromatic heterocycles. The minimum atomic E-state index is 0.619. The van der Waals surface area contributed by atoms with Gasteiger partial charge in [-0.3, -0.25) is 0 Å². The second-order valence-corrected chi connectivity index (χ2v) is 2.78. The molecule has 3 heteroatoms. The average molecular weight is 161 g/mol. The molecule has 1 N–H and O–H groups in total. The zero-order valence-corrected chi connectivity index (χ0v) is 7.19. The molecule has 9 heavy (non-hydrogen) atoms. The zero-order valence-electron chi connectivity index (χ0n) is 5.48. The number of thiol groups is 1. The predicted octanol–water partition coefficient (Wildman–Crippen LogP) is 2.10. The Balaban J connectivity index is 3.39. The number of hydrogen-bond donors (Lipinski definition) is 2. The smallest absolute Gasteiger partial charge is 0.0800 e. The lowest BCUT2D eigenvalue weighted by atomic mass is 10.3. The van der Waals surface area contributed by atoms with E-state index in [1.54, 1.807) is 0 Å². The Labute approximate surface area is 66.9 Å². The Morgan fingerprint density at radius 1 is 1.78 bits per heavy atom. The highest BCUT2D eigenvalue weighted by Gasteiger charge is 1.91. The quantitative estimate of drug-likeness (QED) is 0.485. The topological polar surface area (TPSA) is 12.0 Å². The van der Waals surface area contributed by atoms with Gasteiger partial charge in [-0.1, -0.05) is 25.7 Å². The lowest BCUT2D eigenvalue weighted by molar-refractivity contribution is 0.976. The van der Waals surface area contributed by atoms with E-state index in [1.807, 2.05) is 0 Å². The summed E-state index contributed by atoms with van der Waals surface area (Å²) in [6, 6.07) is 0. The van der Waals surface area contributed by atoms with Crippen molar-refractivity contribution >= 4 is 29.8 Å². The first kappa shape index (κ1) is 8.98. The maximum atomic E-state index is 4.91. The van der Waals surface area contributed by atoms with Gasteiger partial charge in [0.25, 0.3) is 0 Å². The molecular weight excluding hydrogens is 150 g/mol. The second-order valence-electron chi connectivity index (χ2n) is 1.74. The van der Waals surface area contributed by atoms with Crippen LogP contribution in [0.3, 0.4) is 0 Å². The molecule has 0 aliphatic carbocycles. The molecule has 0 fully saturated rings. The van der Waals surface area contributed by atoms with Gasteiger partial charge in [0.1, 0.15) is 0 Å². The minimum Gasteiger partial charge on any atom is -0.345 e. The van der Waals surface area contributed by atoms with Crippen LogP contribution in [0.5, 0.6) is 0 Å². The van der Waals surface area contributed by atoms with Crippen LogP contribution in [-0.4, -0.2) is 4.99 Å². The van der Waals surface area contributed by atoms with Crippen molar-refractivity contribution in [1.29, 1.82) is 0 Å². The number of nitrogens with one attached hydrogen (secondary N) is 1. The summed E-state index contributed by atoms with van der Waals surface area (Å²) >= 11 is 8.85. The van der Waals surface area contributed by atoms with E-state index < -0.39 is 0 Å². The molecule has 52 valence electrons. The zero-order chi connectivity index (χ0) is 7.28. The Morgan fingerprint density at radius 3 is 2.67 bits per heavy atom. The van der Waals surface area contributed by atoms with E-state index >= 15 is 0 Å². The maximum absolute atomic E-state index is 4.91. The summed E-state index contributed by atoms with van der Waals surface area (Å²) in [7, 11) is 0. The molecule has 0 rings (SSSR count). The summed E-state index contributed by atoms with van der Waals surface area (Å²) in [6.45, 7) is 5.62. The molecule has 0 spiro atoms. The number of thiocarbonyl (C=S) groups is 1. The van der Waals surface area contributed by atoms with Gasteiger partial charge in [0, 0.05) is 0 Å². The van der Waals surface area contributed by atoms with Gasteiger partial charge in [-0.05, 0) is 12.8 Å². The highest BCUT2D eigenvalue weighted by molar-refractivity contribution is 7.84. The molecule has 0 amide bonds. The minimum absolute atomic E-state index is 0.619. The van der Waals surface area contributed by atoms with Crippen molar-refractivity contribution in [3.63, 3.8) is 0 Å². The van der Waals surface area contributed by atoms with Crippen LogP contribution in [0.25, 0.3) is 0 Å². The molecular formula is C6H11NS2. The fourth-order valence-electron chi connectivity index (χ4n) is 0.450. The molecule has 0 aliphatic rings. The third kappa shape index (κ3) is 5.86. The molecule has 0 unspecified atom stereocenters. The lowest BCUT2D eigenvalue weighted by Crippen LogP contribution is -2.16. The molecule has 0 atom stereocenters. The van der Waals surface area contributed by atoms with E-state index in [0.29, 0.717) is 5.03 Å². The highest BCUT2D eigenvalue weighted by Crippen LogP contribution is 1.94. The third-order valence-electron chi connectivity index (χ3n) is 0.761. The van der Waals surface area contributed by atoms with Crippen molar-refractivity contribution in [3.05, 3.63) is 11.6 Å². The first-order valence-electron chi connectivity index (χ1n) is 2.84. The number of hydrogen-bond acceptors (Lipinski definition) is 2. The summed E-state index contributed by atoms with van der Waals surface area (Å²) in [5, 5.41) is 3.46. The third-order valence-corrected chi connectivity index (χ3v) is 1.18. The summed E-state index contributed by atoms with van der Waals surface area (Å²) in [5.41, 5.74) is 0. The number of rotatable bonds is 3. The van der Waals surface area contributed by atoms with E-state index in [-0.39, 0.29) is 0 Å². The van der Waals surface area contributed by atoms with Crippen LogP contribution >= 0.6 is 24.8 Å². The molecule has 0 saturated carbocycles. The van der Waals surface area contributed by atoms with Crippen LogP contribution in [-0.2, 0) is 0 Å². The SMILES string of the molecule is C=C(S)NC(=S)CCC. The molecule has 0 saturated heterocycles. The fraction of sp³-hybridized carbons (Fsp3) is 0.500. The Kier molecular flexibility index (Phi) is 4.81. The first-order valence-corrected chi connectivity index (χ1v) is 3.70. The van der Waals surface area contributed by atoms with Crippen LogP contribution in [0.15, 0.2) is 11.6 Å². The summed E-state index contributed by atoms with van der Waals surface area (Å²) in [6.07, 6.45) is 1.97. The van der Waals surface area contributed by atoms with Gasteiger partial charge >= 0.3 is 0 Å². The van der Waals surface area contributed by atoms with Crippen LogP contribution in [0, 0.1) is 0 Å². The van der Waals surface area contributed by atoms with E-state index in [4.69, 9.17) is 12.2 Å². The molecule has 0 heterocycles. The van der Waals surface area contributed by atoms with E-state index in [2.05, 4.69) is 31.4 Å². The van der Waals surface area contributed by atoms with Crippen LogP contribution in [0.1, 0.15) is 19.8 Å². The van der Waals surface area contributed by atoms with Gasteiger partial charge in [-0.25, -0.2) is 0 Å².